The molecule has 0 fully saturated rings. The zero-order valence-electron chi connectivity index (χ0n) is 13.5. The SMILES string of the molecule is Cc1ccc(CCCNC(=O)[C@@H](C)Oc2ccc(Cl)cc2)cc1. The summed E-state index contributed by atoms with van der Waals surface area (Å²) in [6.07, 6.45) is 1.32. The predicted octanol–water partition coefficient (Wildman–Crippen LogP) is 4.16. The number of rotatable bonds is 7. The number of halogens is 1. The lowest BCUT2D eigenvalue weighted by Gasteiger charge is -2.14. The first-order valence-electron chi connectivity index (χ1n) is 7.80. The van der Waals surface area contributed by atoms with E-state index in [-0.39, 0.29) is 5.91 Å². The van der Waals surface area contributed by atoms with Gasteiger partial charge in [0.05, 0.1) is 0 Å². The molecule has 0 radical (unpaired) electrons. The lowest BCUT2D eigenvalue weighted by atomic mass is 10.1. The lowest BCUT2D eigenvalue weighted by Crippen LogP contribution is -2.36. The van der Waals surface area contributed by atoms with Gasteiger partial charge in [-0.25, -0.2) is 0 Å². The first-order chi connectivity index (χ1) is 11.0. The average molecular weight is 332 g/mol. The molecule has 3 nitrogen and oxygen atoms in total. The van der Waals surface area contributed by atoms with Gasteiger partial charge in [0.1, 0.15) is 5.75 Å². The number of carbonyl (C=O) groups excluding carboxylic acids is 1. The van der Waals surface area contributed by atoms with Gasteiger partial charge in [-0.3, -0.25) is 4.79 Å². The van der Waals surface area contributed by atoms with E-state index in [2.05, 4.69) is 36.5 Å². The van der Waals surface area contributed by atoms with Gasteiger partial charge in [-0.15, -0.1) is 0 Å². The molecule has 2 rings (SSSR count). The van der Waals surface area contributed by atoms with Crippen LogP contribution in [0.3, 0.4) is 0 Å². The van der Waals surface area contributed by atoms with Crippen LogP contribution >= 0.6 is 11.6 Å². The molecular weight excluding hydrogens is 310 g/mol. The second-order valence-electron chi connectivity index (χ2n) is 5.59. The van der Waals surface area contributed by atoms with E-state index in [9.17, 15) is 4.79 Å². The summed E-state index contributed by atoms with van der Waals surface area (Å²) >= 11 is 5.82. The summed E-state index contributed by atoms with van der Waals surface area (Å²) in [6, 6.07) is 15.5. The molecule has 0 saturated carbocycles. The van der Waals surface area contributed by atoms with E-state index < -0.39 is 6.10 Å². The first kappa shape index (κ1) is 17.4. The number of hydrogen-bond donors (Lipinski definition) is 1. The van der Waals surface area contributed by atoms with E-state index in [4.69, 9.17) is 16.3 Å². The van der Waals surface area contributed by atoms with Gasteiger partial charge in [-0.1, -0.05) is 41.4 Å². The molecule has 122 valence electrons. The highest BCUT2D eigenvalue weighted by Gasteiger charge is 2.13. The molecule has 0 aliphatic heterocycles. The normalized spacial score (nSPS) is 11.8. The molecular formula is C19H22ClNO2. The van der Waals surface area contributed by atoms with Gasteiger partial charge in [0.25, 0.3) is 5.91 Å². The highest BCUT2D eigenvalue weighted by molar-refractivity contribution is 6.30. The van der Waals surface area contributed by atoms with Gasteiger partial charge >= 0.3 is 0 Å². The summed E-state index contributed by atoms with van der Waals surface area (Å²) in [5, 5.41) is 3.55. The van der Waals surface area contributed by atoms with E-state index in [0.717, 1.165) is 12.8 Å². The highest BCUT2D eigenvalue weighted by atomic mass is 35.5. The highest BCUT2D eigenvalue weighted by Crippen LogP contribution is 2.16. The van der Waals surface area contributed by atoms with Crippen molar-refractivity contribution in [3.8, 4) is 5.75 Å². The van der Waals surface area contributed by atoms with Gasteiger partial charge in [-0.05, 0) is 56.5 Å². The zero-order valence-corrected chi connectivity index (χ0v) is 14.3. The molecule has 0 heterocycles. The fraction of sp³-hybridized carbons (Fsp3) is 0.316. The van der Waals surface area contributed by atoms with E-state index in [1.54, 1.807) is 31.2 Å². The standard InChI is InChI=1S/C19H22ClNO2/c1-14-5-7-16(8-6-14)4-3-13-21-19(22)15(2)23-18-11-9-17(20)10-12-18/h5-12,15H,3-4,13H2,1-2H3,(H,21,22)/t15-/m1/s1. The number of ether oxygens (including phenoxy) is 1. The second-order valence-corrected chi connectivity index (χ2v) is 6.03. The lowest BCUT2D eigenvalue weighted by molar-refractivity contribution is -0.127. The Morgan fingerprint density at radius 2 is 1.78 bits per heavy atom. The topological polar surface area (TPSA) is 38.3 Å². The maximum atomic E-state index is 12.0. The minimum absolute atomic E-state index is 0.108. The van der Waals surface area contributed by atoms with Crippen molar-refractivity contribution in [2.45, 2.75) is 32.8 Å². The number of hydrogen-bond acceptors (Lipinski definition) is 2. The number of nitrogens with one attached hydrogen (secondary N) is 1. The van der Waals surface area contributed by atoms with E-state index in [1.807, 2.05) is 0 Å². The summed E-state index contributed by atoms with van der Waals surface area (Å²) in [5.41, 5.74) is 2.55. The van der Waals surface area contributed by atoms with Crippen LogP contribution in [0.4, 0.5) is 0 Å². The molecule has 0 unspecified atom stereocenters. The van der Waals surface area contributed by atoms with Gasteiger partial charge < -0.3 is 10.1 Å². The Morgan fingerprint density at radius 1 is 1.13 bits per heavy atom. The molecule has 2 aromatic rings. The molecule has 4 heteroatoms. The third kappa shape index (κ3) is 5.95. The van der Waals surface area contributed by atoms with Crippen molar-refractivity contribution in [3.63, 3.8) is 0 Å². The minimum atomic E-state index is -0.532. The molecule has 0 aliphatic rings. The molecule has 1 amide bonds. The third-order valence-corrected chi connectivity index (χ3v) is 3.81. The number of carbonyl (C=O) groups is 1. The van der Waals surface area contributed by atoms with Gasteiger partial charge in [0, 0.05) is 11.6 Å². The van der Waals surface area contributed by atoms with Crippen molar-refractivity contribution < 1.29 is 9.53 Å². The quantitative estimate of drug-likeness (QED) is 0.773. The summed E-state index contributed by atoms with van der Waals surface area (Å²) in [5.74, 6) is 0.528. The van der Waals surface area contributed by atoms with Crippen molar-refractivity contribution in [1.82, 2.24) is 5.32 Å². The first-order valence-corrected chi connectivity index (χ1v) is 8.18. The fourth-order valence-electron chi connectivity index (χ4n) is 2.17. The molecule has 1 atom stereocenters. The number of amides is 1. The van der Waals surface area contributed by atoms with E-state index in [1.165, 1.54) is 11.1 Å². The maximum absolute atomic E-state index is 12.0. The predicted molar refractivity (Wildman–Crippen MR) is 94.1 cm³/mol. The Bertz CT molecular complexity index is 623. The maximum Gasteiger partial charge on any atom is 0.260 e. The fourth-order valence-corrected chi connectivity index (χ4v) is 2.30. The van der Waals surface area contributed by atoms with Crippen LogP contribution in [0.15, 0.2) is 48.5 Å². The molecule has 0 aromatic heterocycles. The summed E-state index contributed by atoms with van der Waals surface area (Å²) in [7, 11) is 0. The Labute approximate surface area is 142 Å². The molecule has 0 bridgehead atoms. The van der Waals surface area contributed by atoms with Crippen LogP contribution in [0.2, 0.25) is 5.02 Å². The number of aryl methyl sites for hydroxylation is 2. The minimum Gasteiger partial charge on any atom is -0.481 e. The summed E-state index contributed by atoms with van der Waals surface area (Å²) in [4.78, 5) is 12.0. The molecule has 0 aliphatic carbocycles. The third-order valence-electron chi connectivity index (χ3n) is 3.56. The van der Waals surface area contributed by atoms with Crippen molar-refractivity contribution in [2.24, 2.45) is 0 Å². The van der Waals surface area contributed by atoms with Crippen molar-refractivity contribution >= 4 is 17.5 Å². The van der Waals surface area contributed by atoms with Gasteiger partial charge in [0.2, 0.25) is 0 Å². The smallest absolute Gasteiger partial charge is 0.260 e. The summed E-state index contributed by atoms with van der Waals surface area (Å²) in [6.45, 7) is 4.46. The van der Waals surface area contributed by atoms with Crippen molar-refractivity contribution in [3.05, 3.63) is 64.7 Å². The Balaban J connectivity index is 1.69. The van der Waals surface area contributed by atoms with Crippen LogP contribution in [0.1, 0.15) is 24.5 Å². The van der Waals surface area contributed by atoms with Crippen LogP contribution in [0, 0.1) is 6.92 Å². The second kappa shape index (κ2) is 8.59. The van der Waals surface area contributed by atoms with Crippen molar-refractivity contribution in [1.29, 1.82) is 0 Å². The van der Waals surface area contributed by atoms with Crippen LogP contribution in [0.25, 0.3) is 0 Å². The van der Waals surface area contributed by atoms with Gasteiger partial charge in [-0.2, -0.15) is 0 Å². The average Bonchev–Trinajstić information content (AvgIpc) is 2.55. The van der Waals surface area contributed by atoms with Crippen LogP contribution < -0.4 is 10.1 Å². The molecule has 2 aromatic carbocycles. The molecule has 0 spiro atoms. The number of benzene rings is 2. The zero-order chi connectivity index (χ0) is 16.7. The molecule has 1 N–H and O–H groups in total. The summed E-state index contributed by atoms with van der Waals surface area (Å²) < 4.78 is 5.59. The van der Waals surface area contributed by atoms with Crippen LogP contribution in [-0.2, 0) is 11.2 Å². The molecule has 0 saturated heterocycles. The molecule has 23 heavy (non-hydrogen) atoms. The Morgan fingerprint density at radius 3 is 2.43 bits per heavy atom. The van der Waals surface area contributed by atoms with E-state index >= 15 is 0 Å². The Hall–Kier alpha value is -2.00. The largest absolute Gasteiger partial charge is 0.481 e. The van der Waals surface area contributed by atoms with Crippen molar-refractivity contribution in [2.75, 3.05) is 6.54 Å². The monoisotopic (exact) mass is 331 g/mol. The Kier molecular flexibility index (Phi) is 6.48. The van der Waals surface area contributed by atoms with Crippen LogP contribution in [-0.4, -0.2) is 18.6 Å². The van der Waals surface area contributed by atoms with Gasteiger partial charge in [0.15, 0.2) is 6.10 Å². The van der Waals surface area contributed by atoms with E-state index in [0.29, 0.717) is 17.3 Å². The van der Waals surface area contributed by atoms with Crippen LogP contribution in [0.5, 0.6) is 5.75 Å².